The van der Waals surface area contributed by atoms with Crippen LogP contribution >= 0.6 is 0 Å². The molecule has 0 unspecified atom stereocenters. The summed E-state index contributed by atoms with van der Waals surface area (Å²) in [5, 5.41) is 8.72. The standard InChI is InChI=1S/C30H36N8O2/c1-30(2,3)40-29(39)37(16-22-7-6-8-22)18-23-9-10-28-32-25(19-36(28)17-23)20-38-21-27(33-34-38)24-13-26(15-31-14-24)35-11-4-5-12-35/h4-5,9-10,13-15,17,19,21-22H,6-8,11-12,16,18,20H2,1-3H3. The summed E-state index contributed by atoms with van der Waals surface area (Å²) >= 11 is 0. The molecule has 0 aromatic carbocycles. The van der Waals surface area contributed by atoms with E-state index in [1.807, 2.05) is 73.2 Å². The van der Waals surface area contributed by atoms with Crippen LogP contribution in [-0.2, 0) is 17.8 Å². The summed E-state index contributed by atoms with van der Waals surface area (Å²) in [6, 6.07) is 6.13. The first-order chi connectivity index (χ1) is 19.3. The lowest BCUT2D eigenvalue weighted by Gasteiger charge is -2.33. The van der Waals surface area contributed by atoms with Crippen molar-refractivity contribution >= 4 is 17.4 Å². The summed E-state index contributed by atoms with van der Waals surface area (Å²) in [6.07, 6.45) is 17.3. The number of carbonyl (C=O) groups excluding carboxylic acids is 1. The Kier molecular flexibility index (Phi) is 7.00. The number of rotatable bonds is 8. The van der Waals surface area contributed by atoms with Crippen LogP contribution in [0.5, 0.6) is 0 Å². The molecule has 4 aromatic rings. The van der Waals surface area contributed by atoms with Crippen molar-refractivity contribution in [2.45, 2.75) is 58.7 Å². The summed E-state index contributed by atoms with van der Waals surface area (Å²) in [5.41, 5.74) is 5.02. The molecule has 0 bridgehead atoms. The minimum absolute atomic E-state index is 0.259. The summed E-state index contributed by atoms with van der Waals surface area (Å²) in [4.78, 5) is 26.2. The van der Waals surface area contributed by atoms with Crippen LogP contribution in [0, 0.1) is 5.92 Å². The Hall–Kier alpha value is -4.21. The van der Waals surface area contributed by atoms with Gasteiger partial charge in [0.25, 0.3) is 0 Å². The molecule has 0 spiro atoms. The molecule has 1 fully saturated rings. The number of ether oxygens (including phenoxy) is 1. The lowest BCUT2D eigenvalue weighted by Crippen LogP contribution is -2.40. The van der Waals surface area contributed by atoms with Crippen LogP contribution in [0.2, 0.25) is 0 Å². The van der Waals surface area contributed by atoms with E-state index in [2.05, 4.69) is 38.4 Å². The molecule has 0 radical (unpaired) electrons. The van der Waals surface area contributed by atoms with E-state index < -0.39 is 5.60 Å². The molecule has 0 N–H and O–H groups in total. The zero-order chi connectivity index (χ0) is 27.7. The van der Waals surface area contributed by atoms with Crippen molar-refractivity contribution in [3.63, 3.8) is 0 Å². The van der Waals surface area contributed by atoms with E-state index in [4.69, 9.17) is 9.72 Å². The highest BCUT2D eigenvalue weighted by Gasteiger charge is 2.27. The second-order valence-corrected chi connectivity index (χ2v) is 11.8. The number of nitrogens with zero attached hydrogens (tertiary/aromatic N) is 8. The zero-order valence-corrected chi connectivity index (χ0v) is 23.4. The normalized spacial score (nSPS) is 15.5. The van der Waals surface area contributed by atoms with Gasteiger partial charge in [0.15, 0.2) is 0 Å². The number of carbonyl (C=O) groups is 1. The first-order valence-corrected chi connectivity index (χ1v) is 14.0. The van der Waals surface area contributed by atoms with Gasteiger partial charge in [0.05, 0.1) is 36.9 Å². The van der Waals surface area contributed by atoms with Gasteiger partial charge in [-0.15, -0.1) is 5.10 Å². The summed E-state index contributed by atoms with van der Waals surface area (Å²) < 4.78 is 9.52. The molecule has 0 saturated heterocycles. The fraction of sp³-hybridized carbons (Fsp3) is 0.433. The van der Waals surface area contributed by atoms with Crippen LogP contribution in [0.3, 0.4) is 0 Å². The number of pyridine rings is 2. The molecule has 4 aromatic heterocycles. The van der Waals surface area contributed by atoms with Gasteiger partial charge in [0.2, 0.25) is 0 Å². The lowest BCUT2D eigenvalue weighted by molar-refractivity contribution is 0.0173. The van der Waals surface area contributed by atoms with E-state index >= 15 is 0 Å². The summed E-state index contributed by atoms with van der Waals surface area (Å²) in [6.45, 7) is 9.24. The number of hydrogen-bond acceptors (Lipinski definition) is 7. The third-order valence-electron chi connectivity index (χ3n) is 7.36. The Balaban J connectivity index is 1.15. The quantitative estimate of drug-likeness (QED) is 0.292. The molecule has 2 aliphatic rings. The van der Waals surface area contributed by atoms with E-state index in [1.54, 1.807) is 4.68 Å². The van der Waals surface area contributed by atoms with Gasteiger partial charge < -0.3 is 18.9 Å². The minimum Gasteiger partial charge on any atom is -0.444 e. The van der Waals surface area contributed by atoms with Crippen LogP contribution in [-0.4, -0.2) is 65.6 Å². The number of amides is 1. The fourth-order valence-corrected chi connectivity index (χ4v) is 5.10. The molecular formula is C30H36N8O2. The Labute approximate surface area is 234 Å². The van der Waals surface area contributed by atoms with E-state index in [-0.39, 0.29) is 6.09 Å². The van der Waals surface area contributed by atoms with Gasteiger partial charge in [-0.25, -0.2) is 14.5 Å². The van der Waals surface area contributed by atoms with Crippen molar-refractivity contribution in [2.75, 3.05) is 24.5 Å². The number of anilines is 1. The van der Waals surface area contributed by atoms with Gasteiger partial charge in [-0.3, -0.25) is 4.98 Å². The first kappa shape index (κ1) is 26.0. The smallest absolute Gasteiger partial charge is 0.410 e. The first-order valence-electron chi connectivity index (χ1n) is 14.0. The molecule has 40 heavy (non-hydrogen) atoms. The van der Waals surface area contributed by atoms with Crippen molar-refractivity contribution in [2.24, 2.45) is 5.92 Å². The van der Waals surface area contributed by atoms with Crippen LogP contribution in [0.15, 0.2) is 61.3 Å². The Bertz CT molecular complexity index is 1520. The maximum absolute atomic E-state index is 13.0. The SMILES string of the molecule is CC(C)(C)OC(=O)N(Cc1ccc2nc(Cn3cc(-c4cncc(N5CC=CC5)c4)nn3)cn2c1)CC1CCC1. The van der Waals surface area contributed by atoms with E-state index in [9.17, 15) is 4.79 Å². The monoisotopic (exact) mass is 540 g/mol. The number of imidazole rings is 1. The van der Waals surface area contributed by atoms with Gasteiger partial charge in [0, 0.05) is 43.8 Å². The largest absolute Gasteiger partial charge is 0.444 e. The van der Waals surface area contributed by atoms with Gasteiger partial charge in [-0.1, -0.05) is 29.9 Å². The average molecular weight is 541 g/mol. The van der Waals surface area contributed by atoms with Crippen LogP contribution in [0.25, 0.3) is 16.9 Å². The Morgan fingerprint density at radius 2 is 1.93 bits per heavy atom. The van der Waals surface area contributed by atoms with Crippen LogP contribution in [0.1, 0.15) is 51.3 Å². The third kappa shape index (κ3) is 6.00. The van der Waals surface area contributed by atoms with Crippen LogP contribution < -0.4 is 4.90 Å². The molecule has 0 atom stereocenters. The summed E-state index contributed by atoms with van der Waals surface area (Å²) in [7, 11) is 0. The minimum atomic E-state index is -0.524. The van der Waals surface area contributed by atoms with Crippen molar-refractivity contribution in [1.29, 1.82) is 0 Å². The average Bonchev–Trinajstić information content (AvgIpc) is 3.65. The van der Waals surface area contributed by atoms with Crippen molar-refractivity contribution < 1.29 is 9.53 Å². The van der Waals surface area contributed by atoms with E-state index in [0.29, 0.717) is 19.0 Å². The van der Waals surface area contributed by atoms with E-state index in [1.165, 1.54) is 19.3 Å². The molecule has 10 nitrogen and oxygen atoms in total. The molecule has 10 heteroatoms. The fourth-order valence-electron chi connectivity index (χ4n) is 5.10. The molecular weight excluding hydrogens is 504 g/mol. The van der Waals surface area contributed by atoms with Gasteiger partial charge in [0.1, 0.15) is 16.9 Å². The van der Waals surface area contributed by atoms with Gasteiger partial charge >= 0.3 is 6.09 Å². The molecule has 6 rings (SSSR count). The maximum Gasteiger partial charge on any atom is 0.410 e. The van der Waals surface area contributed by atoms with Gasteiger partial charge in [-0.2, -0.15) is 0 Å². The molecule has 5 heterocycles. The Morgan fingerprint density at radius 3 is 2.67 bits per heavy atom. The zero-order valence-electron chi connectivity index (χ0n) is 23.4. The highest BCUT2D eigenvalue weighted by molar-refractivity contribution is 5.68. The van der Waals surface area contributed by atoms with Crippen molar-refractivity contribution in [1.82, 2.24) is 34.3 Å². The molecule has 1 aliphatic heterocycles. The molecule has 208 valence electrons. The number of fused-ring (bicyclic) bond motifs is 1. The topological polar surface area (TPSA) is 93.7 Å². The highest BCUT2D eigenvalue weighted by atomic mass is 16.6. The molecule has 1 aliphatic carbocycles. The maximum atomic E-state index is 13.0. The van der Waals surface area contributed by atoms with E-state index in [0.717, 1.165) is 53.5 Å². The second kappa shape index (κ2) is 10.7. The number of aromatic nitrogens is 6. The highest BCUT2D eigenvalue weighted by Crippen LogP contribution is 2.28. The molecule has 1 amide bonds. The van der Waals surface area contributed by atoms with Crippen molar-refractivity contribution in [3.8, 4) is 11.3 Å². The lowest BCUT2D eigenvalue weighted by atomic mass is 9.85. The number of hydrogen-bond donors (Lipinski definition) is 0. The molecule has 1 saturated carbocycles. The van der Waals surface area contributed by atoms with Gasteiger partial charge in [-0.05, 0) is 57.2 Å². The third-order valence-corrected chi connectivity index (χ3v) is 7.36. The van der Waals surface area contributed by atoms with Crippen molar-refractivity contribution in [3.05, 3.63) is 72.6 Å². The van der Waals surface area contributed by atoms with Crippen LogP contribution in [0.4, 0.5) is 10.5 Å². The summed E-state index contributed by atoms with van der Waals surface area (Å²) in [5.74, 6) is 0.555. The second-order valence-electron chi connectivity index (χ2n) is 11.8. The predicted molar refractivity (Wildman–Crippen MR) is 153 cm³/mol. The predicted octanol–water partition coefficient (Wildman–Crippen LogP) is 4.95. The Morgan fingerprint density at radius 1 is 1.10 bits per heavy atom.